The Morgan fingerprint density at radius 1 is 1.46 bits per heavy atom. The molecule has 0 aromatic heterocycles. The van der Waals surface area contributed by atoms with E-state index in [1.807, 2.05) is 0 Å². The summed E-state index contributed by atoms with van der Waals surface area (Å²) in [4.78, 5) is 10.6. The summed E-state index contributed by atoms with van der Waals surface area (Å²) in [6, 6.07) is 0. The van der Waals surface area contributed by atoms with Crippen LogP contribution in [0.3, 0.4) is 0 Å². The highest BCUT2D eigenvalue weighted by Gasteiger charge is 2.02. The van der Waals surface area contributed by atoms with E-state index in [2.05, 4.69) is 13.5 Å². The minimum Gasteiger partial charge on any atom is -0.478 e. The maximum atomic E-state index is 10.6. The highest BCUT2D eigenvalue weighted by molar-refractivity contribution is 5.86. The maximum Gasteiger partial charge on any atom is 0.331 e. The van der Waals surface area contributed by atoms with Gasteiger partial charge in [-0.3, -0.25) is 0 Å². The van der Waals surface area contributed by atoms with E-state index in [1.54, 1.807) is 12.2 Å². The van der Waals surface area contributed by atoms with Gasteiger partial charge in [-0.25, -0.2) is 4.79 Å². The van der Waals surface area contributed by atoms with E-state index in [0.717, 1.165) is 25.7 Å². The summed E-state index contributed by atoms with van der Waals surface area (Å²) in [5.74, 6) is -0.823. The van der Waals surface area contributed by atoms with E-state index in [-0.39, 0.29) is 0 Å². The lowest BCUT2D eigenvalue weighted by Crippen LogP contribution is -1.99. The summed E-state index contributed by atoms with van der Waals surface area (Å²) >= 11 is 0. The number of carboxylic acids is 1. The Bertz CT molecular complexity index is 192. The van der Waals surface area contributed by atoms with Crippen molar-refractivity contribution in [2.45, 2.75) is 39.0 Å². The summed E-state index contributed by atoms with van der Waals surface area (Å²) in [7, 11) is 0. The second kappa shape index (κ2) is 7.59. The molecule has 0 aromatic rings. The third-order valence-corrected chi connectivity index (χ3v) is 1.84. The summed E-state index contributed by atoms with van der Waals surface area (Å²) in [5, 5.41) is 8.74. The molecule has 0 aliphatic carbocycles. The summed E-state index contributed by atoms with van der Waals surface area (Å²) < 4.78 is 0. The van der Waals surface area contributed by atoms with Crippen LogP contribution in [0.5, 0.6) is 0 Å². The lowest BCUT2D eigenvalue weighted by molar-refractivity contribution is -0.132. The molecule has 0 aromatic carbocycles. The van der Waals surface area contributed by atoms with E-state index in [1.165, 1.54) is 0 Å². The van der Waals surface area contributed by atoms with E-state index < -0.39 is 5.97 Å². The fourth-order valence-electron chi connectivity index (χ4n) is 1.08. The zero-order chi connectivity index (χ0) is 10.1. The standard InChI is InChI=1S/C11H18O2/c1-3-5-6-7-9-10(8-4-2)11(12)13/h4,9H,2-3,5-8H2,1H3,(H,12,13). The molecule has 0 aliphatic heterocycles. The molecule has 74 valence electrons. The van der Waals surface area contributed by atoms with Gasteiger partial charge in [0.15, 0.2) is 0 Å². The monoisotopic (exact) mass is 182 g/mol. The van der Waals surface area contributed by atoms with Gasteiger partial charge in [-0.15, -0.1) is 6.58 Å². The highest BCUT2D eigenvalue weighted by Crippen LogP contribution is 2.07. The molecule has 2 heteroatoms. The Balaban J connectivity index is 3.89. The number of hydrogen-bond donors (Lipinski definition) is 1. The molecule has 13 heavy (non-hydrogen) atoms. The van der Waals surface area contributed by atoms with Gasteiger partial charge in [-0.1, -0.05) is 31.9 Å². The van der Waals surface area contributed by atoms with Crippen molar-refractivity contribution >= 4 is 5.97 Å². The fraction of sp³-hybridized carbons (Fsp3) is 0.545. The Morgan fingerprint density at radius 2 is 2.15 bits per heavy atom. The van der Waals surface area contributed by atoms with Crippen LogP contribution in [0.4, 0.5) is 0 Å². The van der Waals surface area contributed by atoms with Crippen LogP contribution >= 0.6 is 0 Å². The number of rotatable bonds is 7. The predicted octanol–water partition coefficient (Wildman–Crippen LogP) is 3.15. The van der Waals surface area contributed by atoms with Gasteiger partial charge in [0.1, 0.15) is 0 Å². The van der Waals surface area contributed by atoms with Crippen molar-refractivity contribution in [3.05, 3.63) is 24.3 Å². The first-order valence-corrected chi connectivity index (χ1v) is 4.75. The van der Waals surface area contributed by atoms with Crippen LogP contribution in [0.15, 0.2) is 24.3 Å². The minimum atomic E-state index is -0.823. The minimum absolute atomic E-state index is 0.460. The van der Waals surface area contributed by atoms with Crippen molar-refractivity contribution in [2.24, 2.45) is 0 Å². The first-order chi connectivity index (χ1) is 6.22. The fourth-order valence-corrected chi connectivity index (χ4v) is 1.08. The van der Waals surface area contributed by atoms with Crippen LogP contribution in [0.25, 0.3) is 0 Å². The second-order valence-corrected chi connectivity index (χ2v) is 3.02. The summed E-state index contributed by atoms with van der Waals surface area (Å²) in [5.41, 5.74) is 0.464. The number of allylic oxidation sites excluding steroid dienone is 2. The van der Waals surface area contributed by atoms with Crippen molar-refractivity contribution in [3.63, 3.8) is 0 Å². The van der Waals surface area contributed by atoms with Crippen molar-refractivity contribution < 1.29 is 9.90 Å². The van der Waals surface area contributed by atoms with Crippen LogP contribution in [0.2, 0.25) is 0 Å². The maximum absolute atomic E-state index is 10.6. The highest BCUT2D eigenvalue weighted by atomic mass is 16.4. The molecule has 0 saturated carbocycles. The number of carboxylic acid groups (broad SMARTS) is 1. The molecule has 0 rings (SSSR count). The van der Waals surface area contributed by atoms with Crippen LogP contribution in [-0.4, -0.2) is 11.1 Å². The van der Waals surface area contributed by atoms with Gasteiger partial charge in [0.05, 0.1) is 0 Å². The molecule has 0 atom stereocenters. The normalized spacial score (nSPS) is 11.3. The van der Waals surface area contributed by atoms with E-state index in [4.69, 9.17) is 5.11 Å². The zero-order valence-corrected chi connectivity index (χ0v) is 8.25. The Hall–Kier alpha value is -1.05. The van der Waals surface area contributed by atoms with Crippen LogP contribution < -0.4 is 0 Å². The molecule has 2 nitrogen and oxygen atoms in total. The Labute approximate surface area is 80.0 Å². The third-order valence-electron chi connectivity index (χ3n) is 1.84. The molecular formula is C11H18O2. The molecule has 0 unspecified atom stereocenters. The van der Waals surface area contributed by atoms with Gasteiger partial charge >= 0.3 is 5.97 Å². The summed E-state index contributed by atoms with van der Waals surface area (Å²) in [6.45, 7) is 5.65. The first-order valence-electron chi connectivity index (χ1n) is 4.75. The molecule has 0 amide bonds. The Kier molecular flexibility index (Phi) is 6.98. The lowest BCUT2D eigenvalue weighted by atomic mass is 10.1. The lowest BCUT2D eigenvalue weighted by Gasteiger charge is -1.98. The molecule has 0 spiro atoms. The topological polar surface area (TPSA) is 37.3 Å². The smallest absolute Gasteiger partial charge is 0.331 e. The molecule has 0 bridgehead atoms. The van der Waals surface area contributed by atoms with E-state index in [9.17, 15) is 4.79 Å². The molecule has 0 saturated heterocycles. The van der Waals surface area contributed by atoms with Crippen molar-refractivity contribution in [3.8, 4) is 0 Å². The van der Waals surface area contributed by atoms with Gasteiger partial charge in [0, 0.05) is 5.57 Å². The zero-order valence-electron chi connectivity index (χ0n) is 8.25. The Morgan fingerprint density at radius 3 is 2.62 bits per heavy atom. The number of unbranched alkanes of at least 4 members (excludes halogenated alkanes) is 3. The van der Waals surface area contributed by atoms with Crippen LogP contribution in [-0.2, 0) is 4.79 Å². The predicted molar refractivity (Wildman–Crippen MR) is 54.7 cm³/mol. The van der Waals surface area contributed by atoms with Crippen LogP contribution in [0, 0.1) is 0 Å². The molecule has 1 N–H and O–H groups in total. The third kappa shape index (κ3) is 6.14. The van der Waals surface area contributed by atoms with E-state index >= 15 is 0 Å². The molecule has 0 radical (unpaired) electrons. The SMILES string of the molecule is C=CCC(=CCCCCC)C(=O)O. The second-order valence-electron chi connectivity index (χ2n) is 3.02. The molecule has 0 fully saturated rings. The number of hydrogen-bond acceptors (Lipinski definition) is 1. The first kappa shape index (κ1) is 11.9. The van der Waals surface area contributed by atoms with Gasteiger partial charge in [-0.05, 0) is 19.3 Å². The van der Waals surface area contributed by atoms with Crippen molar-refractivity contribution in [1.82, 2.24) is 0 Å². The largest absolute Gasteiger partial charge is 0.478 e. The average Bonchev–Trinajstić information content (AvgIpc) is 2.10. The van der Waals surface area contributed by atoms with Gasteiger partial charge in [-0.2, -0.15) is 0 Å². The van der Waals surface area contributed by atoms with Crippen LogP contribution in [0.1, 0.15) is 39.0 Å². The quantitative estimate of drug-likeness (QED) is 0.373. The average molecular weight is 182 g/mol. The van der Waals surface area contributed by atoms with E-state index in [0.29, 0.717) is 12.0 Å². The molecule has 0 heterocycles. The van der Waals surface area contributed by atoms with Gasteiger partial charge in [0.25, 0.3) is 0 Å². The molecular weight excluding hydrogens is 164 g/mol. The van der Waals surface area contributed by atoms with Gasteiger partial charge < -0.3 is 5.11 Å². The van der Waals surface area contributed by atoms with Gasteiger partial charge in [0.2, 0.25) is 0 Å². The van der Waals surface area contributed by atoms with Crippen molar-refractivity contribution in [1.29, 1.82) is 0 Å². The molecule has 0 aliphatic rings. The summed E-state index contributed by atoms with van der Waals surface area (Å²) in [6.07, 6.45) is 8.16. The number of carbonyl (C=O) groups is 1. The van der Waals surface area contributed by atoms with Crippen molar-refractivity contribution in [2.75, 3.05) is 0 Å². The number of aliphatic carboxylic acids is 1.